The van der Waals surface area contributed by atoms with E-state index in [0.29, 0.717) is 5.54 Å². The molecule has 0 N–H and O–H groups in total. The molecular formula is C26H32OSi2. The fraction of sp³-hybridized carbons (Fsp3) is 0.308. The van der Waals surface area contributed by atoms with Crippen molar-refractivity contribution in [2.24, 2.45) is 0 Å². The van der Waals surface area contributed by atoms with Crippen LogP contribution in [0.15, 0.2) is 78.9 Å². The van der Waals surface area contributed by atoms with Gasteiger partial charge in [-0.15, -0.1) is 0 Å². The van der Waals surface area contributed by atoms with E-state index in [1.807, 2.05) is 0 Å². The molecule has 0 aromatic heterocycles. The largest absolute Gasteiger partial charge is 0.408 e. The summed E-state index contributed by atoms with van der Waals surface area (Å²) in [5.41, 5.74) is 3.38. The Morgan fingerprint density at radius 1 is 0.793 bits per heavy atom. The molecule has 4 rings (SSSR count). The van der Waals surface area contributed by atoms with Crippen molar-refractivity contribution in [3.8, 4) is 0 Å². The Morgan fingerprint density at radius 2 is 1.31 bits per heavy atom. The zero-order valence-corrected chi connectivity index (χ0v) is 20.1. The maximum atomic E-state index is 6.93. The second kappa shape index (κ2) is 8.06. The van der Waals surface area contributed by atoms with Crippen molar-refractivity contribution in [2.45, 2.75) is 44.9 Å². The van der Waals surface area contributed by atoms with E-state index in [1.54, 1.807) is 5.19 Å². The van der Waals surface area contributed by atoms with E-state index in [1.165, 1.54) is 34.0 Å². The summed E-state index contributed by atoms with van der Waals surface area (Å²) < 4.78 is 6.93. The molecule has 3 aromatic carbocycles. The molecule has 1 atom stereocenters. The Kier molecular flexibility index (Phi) is 5.65. The summed E-state index contributed by atoms with van der Waals surface area (Å²) in [6, 6.07) is 30.4. The molecule has 29 heavy (non-hydrogen) atoms. The molecule has 1 aliphatic rings. The predicted molar refractivity (Wildman–Crippen MR) is 130 cm³/mol. The van der Waals surface area contributed by atoms with E-state index < -0.39 is 16.4 Å². The highest BCUT2D eigenvalue weighted by Crippen LogP contribution is 2.40. The van der Waals surface area contributed by atoms with Crippen molar-refractivity contribution in [3.05, 3.63) is 90.0 Å². The van der Waals surface area contributed by atoms with E-state index >= 15 is 0 Å². The van der Waals surface area contributed by atoms with Crippen molar-refractivity contribution in [1.82, 2.24) is 0 Å². The first-order valence-corrected chi connectivity index (χ1v) is 16.0. The van der Waals surface area contributed by atoms with Gasteiger partial charge in [-0.2, -0.15) is 0 Å². The molecule has 0 amide bonds. The van der Waals surface area contributed by atoms with Gasteiger partial charge in [0, 0.05) is 6.61 Å². The van der Waals surface area contributed by atoms with Crippen LogP contribution >= 0.6 is 0 Å². The molecule has 0 aliphatic carbocycles. The number of rotatable bonds is 5. The molecule has 0 bridgehead atoms. The van der Waals surface area contributed by atoms with Crippen molar-refractivity contribution in [1.29, 1.82) is 0 Å². The number of hydrogen-bond acceptors (Lipinski definition) is 1. The minimum absolute atomic E-state index is 0.617. The summed E-state index contributed by atoms with van der Waals surface area (Å²) in [6.07, 6.45) is 1.18. The van der Waals surface area contributed by atoms with Gasteiger partial charge >= 0.3 is 0 Å². The first-order chi connectivity index (χ1) is 13.9. The fourth-order valence-corrected chi connectivity index (χ4v) is 15.4. The molecule has 150 valence electrons. The molecule has 1 aliphatic heterocycles. The molecule has 0 unspecified atom stereocenters. The average molecular weight is 417 g/mol. The summed E-state index contributed by atoms with van der Waals surface area (Å²) in [6.45, 7) is 10.5. The Hall–Kier alpha value is -1.95. The van der Waals surface area contributed by atoms with Crippen molar-refractivity contribution >= 4 is 32.0 Å². The van der Waals surface area contributed by atoms with Gasteiger partial charge in [-0.25, -0.2) is 0 Å². The molecule has 1 fully saturated rings. The van der Waals surface area contributed by atoms with Gasteiger partial charge in [-0.3, -0.25) is 0 Å². The highest BCUT2D eigenvalue weighted by molar-refractivity contribution is 7.01. The number of aryl methyl sites for hydroxylation is 2. The smallest absolute Gasteiger partial charge is 0.259 e. The lowest BCUT2D eigenvalue weighted by Crippen LogP contribution is -2.64. The van der Waals surface area contributed by atoms with Gasteiger partial charge in [-0.1, -0.05) is 103 Å². The van der Waals surface area contributed by atoms with Crippen molar-refractivity contribution < 1.29 is 4.43 Å². The van der Waals surface area contributed by atoms with Gasteiger partial charge in [0.2, 0.25) is 0 Å². The molecule has 1 heterocycles. The quantitative estimate of drug-likeness (QED) is 0.545. The van der Waals surface area contributed by atoms with Crippen LogP contribution in [0.2, 0.25) is 24.7 Å². The third kappa shape index (κ3) is 3.67. The maximum absolute atomic E-state index is 6.93. The lowest BCUT2D eigenvalue weighted by Gasteiger charge is -2.38. The van der Waals surface area contributed by atoms with Crippen LogP contribution in [-0.2, 0) is 4.43 Å². The topological polar surface area (TPSA) is 9.23 Å². The summed E-state index contributed by atoms with van der Waals surface area (Å²) in [5, 5.41) is 4.52. The molecule has 0 spiro atoms. The molecule has 3 heteroatoms. The summed E-state index contributed by atoms with van der Waals surface area (Å²) in [7, 11) is -3.89. The third-order valence-electron chi connectivity index (χ3n) is 6.77. The summed E-state index contributed by atoms with van der Waals surface area (Å²) >= 11 is 0. The minimum Gasteiger partial charge on any atom is -0.408 e. The van der Waals surface area contributed by atoms with Gasteiger partial charge in [0.1, 0.15) is 0 Å². The zero-order chi connectivity index (χ0) is 20.5. The minimum atomic E-state index is -2.31. The predicted octanol–water partition coefficient (Wildman–Crippen LogP) is 4.77. The number of benzene rings is 3. The van der Waals surface area contributed by atoms with Crippen LogP contribution in [-0.4, -0.2) is 23.0 Å². The third-order valence-corrected chi connectivity index (χ3v) is 15.6. The lowest BCUT2D eigenvalue weighted by atomic mass is 10.2. The Morgan fingerprint density at radius 3 is 1.86 bits per heavy atom. The van der Waals surface area contributed by atoms with Gasteiger partial charge < -0.3 is 4.43 Å². The normalized spacial score (nSPS) is 18.7. The molecule has 0 radical (unpaired) electrons. The van der Waals surface area contributed by atoms with Gasteiger partial charge in [0.05, 0.1) is 8.07 Å². The SMILES string of the molecule is Cc1ccccc1[Si]1(c2ccccc2C)OCC[C@H]1C[Si](C)(C)c1ccccc1. The van der Waals surface area contributed by atoms with E-state index in [2.05, 4.69) is 106 Å². The molecule has 1 saturated heterocycles. The standard InChI is InChI=1S/C26H32OSi2/c1-21-12-8-10-16-25(21)29(26-17-11-9-13-22(26)2)24(18-19-27-29)20-28(3,4)23-14-6-5-7-15-23/h5-17,24H,18-20H2,1-4H3/t24-/m0/s1. The highest BCUT2D eigenvalue weighted by Gasteiger charge is 2.53. The monoisotopic (exact) mass is 416 g/mol. The maximum Gasteiger partial charge on any atom is 0.259 e. The van der Waals surface area contributed by atoms with Crippen LogP contribution in [0.5, 0.6) is 0 Å². The Bertz CT molecular complexity index is 935. The lowest BCUT2D eigenvalue weighted by molar-refractivity contribution is 0.357. The van der Waals surface area contributed by atoms with Gasteiger partial charge in [-0.05, 0) is 47.3 Å². The fourth-order valence-electron chi connectivity index (χ4n) is 5.27. The Balaban J connectivity index is 1.85. The molecule has 0 saturated carbocycles. The first-order valence-electron chi connectivity index (χ1n) is 10.8. The molecule has 1 nitrogen and oxygen atoms in total. The second-order valence-corrected chi connectivity index (χ2v) is 17.6. The van der Waals surface area contributed by atoms with Crippen LogP contribution in [0, 0.1) is 13.8 Å². The zero-order valence-electron chi connectivity index (χ0n) is 18.1. The van der Waals surface area contributed by atoms with Crippen LogP contribution in [0.1, 0.15) is 17.5 Å². The highest BCUT2D eigenvalue weighted by atomic mass is 28.4. The van der Waals surface area contributed by atoms with E-state index in [-0.39, 0.29) is 0 Å². The second-order valence-electron chi connectivity index (χ2n) is 9.15. The Labute approximate surface area is 177 Å². The van der Waals surface area contributed by atoms with E-state index in [4.69, 9.17) is 4.43 Å². The number of hydrogen-bond donors (Lipinski definition) is 0. The van der Waals surface area contributed by atoms with Gasteiger partial charge in [0.25, 0.3) is 8.32 Å². The molecular weight excluding hydrogens is 384 g/mol. The van der Waals surface area contributed by atoms with E-state index in [0.717, 1.165) is 6.61 Å². The summed E-state index contributed by atoms with van der Waals surface area (Å²) in [4.78, 5) is 0. The summed E-state index contributed by atoms with van der Waals surface area (Å²) in [5.74, 6) is 0. The van der Waals surface area contributed by atoms with Crippen molar-refractivity contribution in [3.63, 3.8) is 0 Å². The van der Waals surface area contributed by atoms with Crippen LogP contribution in [0.4, 0.5) is 0 Å². The molecule has 3 aromatic rings. The van der Waals surface area contributed by atoms with Crippen LogP contribution in [0.3, 0.4) is 0 Å². The average Bonchev–Trinajstić information content (AvgIpc) is 3.12. The van der Waals surface area contributed by atoms with Crippen LogP contribution in [0.25, 0.3) is 0 Å². The van der Waals surface area contributed by atoms with E-state index in [9.17, 15) is 0 Å². The van der Waals surface area contributed by atoms with Crippen molar-refractivity contribution in [2.75, 3.05) is 6.61 Å². The van der Waals surface area contributed by atoms with Crippen LogP contribution < -0.4 is 15.6 Å². The first kappa shape index (κ1) is 20.3. The van der Waals surface area contributed by atoms with Gasteiger partial charge in [0.15, 0.2) is 0 Å².